The smallest absolute Gasteiger partial charge is 0.131 e. The summed E-state index contributed by atoms with van der Waals surface area (Å²) in [5.74, 6) is 0.314. The highest BCUT2D eigenvalue weighted by Crippen LogP contribution is 2.27. The number of rotatable bonds is 4. The van der Waals surface area contributed by atoms with Crippen LogP contribution in [0.2, 0.25) is 0 Å². The van der Waals surface area contributed by atoms with E-state index in [0.29, 0.717) is 5.78 Å². The van der Waals surface area contributed by atoms with E-state index in [1.807, 2.05) is 0 Å². The molecule has 1 heterocycles. The van der Waals surface area contributed by atoms with Crippen molar-refractivity contribution < 1.29 is 4.79 Å². The first-order valence-corrected chi connectivity index (χ1v) is 5.71. The molecule has 0 spiro atoms. The number of ketones is 1. The number of hydrogen-bond acceptors (Lipinski definition) is 3. The standard InChI is InChI=1S/C11H20N2O/c1-10(14)4-5-12-6-8-13(9-7-12)11-2-3-11/h11H,2-9H2,1H3. The molecule has 1 saturated carbocycles. The molecule has 0 unspecified atom stereocenters. The van der Waals surface area contributed by atoms with E-state index in [2.05, 4.69) is 9.80 Å². The molecule has 0 atom stereocenters. The van der Waals surface area contributed by atoms with Gasteiger partial charge in [-0.3, -0.25) is 9.69 Å². The van der Waals surface area contributed by atoms with Gasteiger partial charge >= 0.3 is 0 Å². The molecule has 1 saturated heterocycles. The lowest BCUT2D eigenvalue weighted by Crippen LogP contribution is -2.47. The number of piperazine rings is 1. The molecule has 80 valence electrons. The Balaban J connectivity index is 1.64. The van der Waals surface area contributed by atoms with Crippen LogP contribution in [0.3, 0.4) is 0 Å². The molecule has 0 amide bonds. The van der Waals surface area contributed by atoms with Crippen LogP contribution in [0.15, 0.2) is 0 Å². The van der Waals surface area contributed by atoms with Crippen molar-refractivity contribution in [2.75, 3.05) is 32.7 Å². The Bertz CT molecular complexity index is 205. The predicted octanol–water partition coefficient (Wildman–Crippen LogP) is 0.745. The van der Waals surface area contributed by atoms with E-state index in [9.17, 15) is 4.79 Å². The molecule has 3 heteroatoms. The molecule has 14 heavy (non-hydrogen) atoms. The normalized spacial score (nSPS) is 25.2. The number of carbonyl (C=O) groups excluding carboxylic acids is 1. The van der Waals surface area contributed by atoms with E-state index in [-0.39, 0.29) is 0 Å². The quantitative estimate of drug-likeness (QED) is 0.663. The van der Waals surface area contributed by atoms with Gasteiger partial charge in [-0.05, 0) is 19.8 Å². The van der Waals surface area contributed by atoms with Gasteiger partial charge in [-0.15, -0.1) is 0 Å². The number of nitrogens with zero attached hydrogens (tertiary/aromatic N) is 2. The van der Waals surface area contributed by atoms with Crippen LogP contribution >= 0.6 is 0 Å². The summed E-state index contributed by atoms with van der Waals surface area (Å²) in [6.07, 6.45) is 3.55. The van der Waals surface area contributed by atoms with E-state index < -0.39 is 0 Å². The highest BCUT2D eigenvalue weighted by molar-refractivity contribution is 5.75. The predicted molar refractivity (Wildman–Crippen MR) is 56.3 cm³/mol. The van der Waals surface area contributed by atoms with E-state index in [4.69, 9.17) is 0 Å². The Morgan fingerprint density at radius 2 is 1.86 bits per heavy atom. The summed E-state index contributed by atoms with van der Waals surface area (Å²) in [5, 5.41) is 0. The van der Waals surface area contributed by atoms with Crippen molar-refractivity contribution in [3.05, 3.63) is 0 Å². The lowest BCUT2D eigenvalue weighted by molar-refractivity contribution is -0.117. The van der Waals surface area contributed by atoms with Crippen LogP contribution in [0.4, 0.5) is 0 Å². The van der Waals surface area contributed by atoms with Gasteiger partial charge in [0.05, 0.1) is 0 Å². The van der Waals surface area contributed by atoms with Crippen LogP contribution in [-0.4, -0.2) is 54.3 Å². The first kappa shape index (κ1) is 10.1. The third-order valence-corrected chi connectivity index (χ3v) is 3.25. The topological polar surface area (TPSA) is 23.6 Å². The average molecular weight is 196 g/mol. The molecule has 2 aliphatic rings. The zero-order chi connectivity index (χ0) is 9.97. The van der Waals surface area contributed by atoms with Gasteiger partial charge in [0.15, 0.2) is 0 Å². The van der Waals surface area contributed by atoms with Gasteiger partial charge in [0, 0.05) is 45.2 Å². The maximum atomic E-state index is 10.8. The van der Waals surface area contributed by atoms with Crippen molar-refractivity contribution in [1.29, 1.82) is 0 Å². The second-order valence-corrected chi connectivity index (χ2v) is 4.56. The second kappa shape index (κ2) is 4.41. The van der Waals surface area contributed by atoms with E-state index in [0.717, 1.165) is 32.1 Å². The molecule has 0 radical (unpaired) electrons. The van der Waals surface area contributed by atoms with Crippen LogP contribution < -0.4 is 0 Å². The van der Waals surface area contributed by atoms with Gasteiger partial charge in [0.1, 0.15) is 5.78 Å². The van der Waals surface area contributed by atoms with Crippen LogP contribution in [-0.2, 0) is 4.79 Å². The van der Waals surface area contributed by atoms with Crippen molar-refractivity contribution in [1.82, 2.24) is 9.80 Å². The molecule has 0 aromatic heterocycles. The largest absolute Gasteiger partial charge is 0.300 e. The number of hydrogen-bond donors (Lipinski definition) is 0. The van der Waals surface area contributed by atoms with E-state index in [1.54, 1.807) is 6.92 Å². The number of carbonyl (C=O) groups is 1. The summed E-state index contributed by atoms with van der Waals surface area (Å²) in [7, 11) is 0. The third kappa shape index (κ3) is 2.79. The van der Waals surface area contributed by atoms with Gasteiger partial charge in [-0.1, -0.05) is 0 Å². The summed E-state index contributed by atoms with van der Waals surface area (Å²) in [6, 6.07) is 0.907. The first-order chi connectivity index (χ1) is 6.75. The first-order valence-electron chi connectivity index (χ1n) is 5.71. The van der Waals surface area contributed by atoms with Crippen molar-refractivity contribution >= 4 is 5.78 Å². The Morgan fingerprint density at radius 3 is 2.36 bits per heavy atom. The minimum atomic E-state index is 0.314. The van der Waals surface area contributed by atoms with Crippen molar-refractivity contribution in [2.24, 2.45) is 0 Å². The van der Waals surface area contributed by atoms with Crippen LogP contribution in [0.1, 0.15) is 26.2 Å². The molecular formula is C11H20N2O. The second-order valence-electron chi connectivity index (χ2n) is 4.56. The van der Waals surface area contributed by atoms with Crippen molar-refractivity contribution in [3.63, 3.8) is 0 Å². The van der Waals surface area contributed by atoms with Gasteiger partial charge in [0.25, 0.3) is 0 Å². The minimum absolute atomic E-state index is 0.314. The zero-order valence-electron chi connectivity index (χ0n) is 9.04. The highest BCUT2D eigenvalue weighted by atomic mass is 16.1. The average Bonchev–Trinajstić information content (AvgIpc) is 2.99. The molecule has 1 aliphatic carbocycles. The Morgan fingerprint density at radius 1 is 1.21 bits per heavy atom. The fourth-order valence-electron chi connectivity index (χ4n) is 2.11. The summed E-state index contributed by atoms with van der Waals surface area (Å²) >= 11 is 0. The summed E-state index contributed by atoms with van der Waals surface area (Å²) in [6.45, 7) is 7.38. The van der Waals surface area contributed by atoms with Crippen LogP contribution in [0, 0.1) is 0 Å². The summed E-state index contributed by atoms with van der Waals surface area (Å²) in [4.78, 5) is 15.9. The molecule has 0 aromatic rings. The van der Waals surface area contributed by atoms with Gasteiger partial charge in [-0.2, -0.15) is 0 Å². The van der Waals surface area contributed by atoms with E-state index >= 15 is 0 Å². The fourth-order valence-corrected chi connectivity index (χ4v) is 2.11. The lowest BCUT2D eigenvalue weighted by Gasteiger charge is -2.34. The van der Waals surface area contributed by atoms with E-state index in [1.165, 1.54) is 25.9 Å². The fraction of sp³-hybridized carbons (Fsp3) is 0.909. The van der Waals surface area contributed by atoms with Gasteiger partial charge in [-0.25, -0.2) is 0 Å². The molecule has 2 rings (SSSR count). The zero-order valence-corrected chi connectivity index (χ0v) is 9.04. The van der Waals surface area contributed by atoms with Crippen LogP contribution in [0.25, 0.3) is 0 Å². The SMILES string of the molecule is CC(=O)CCN1CCN(C2CC2)CC1. The summed E-state index contributed by atoms with van der Waals surface area (Å²) in [5.41, 5.74) is 0. The molecule has 0 aromatic carbocycles. The van der Waals surface area contributed by atoms with Crippen LogP contribution in [0.5, 0.6) is 0 Å². The molecular weight excluding hydrogens is 176 g/mol. The Labute approximate surface area is 86.1 Å². The van der Waals surface area contributed by atoms with Crippen molar-refractivity contribution in [3.8, 4) is 0 Å². The van der Waals surface area contributed by atoms with Crippen molar-refractivity contribution in [2.45, 2.75) is 32.2 Å². The summed E-state index contributed by atoms with van der Waals surface area (Å²) < 4.78 is 0. The van der Waals surface area contributed by atoms with Gasteiger partial charge in [0.2, 0.25) is 0 Å². The molecule has 0 N–H and O–H groups in total. The monoisotopic (exact) mass is 196 g/mol. The maximum Gasteiger partial charge on any atom is 0.131 e. The highest BCUT2D eigenvalue weighted by Gasteiger charge is 2.30. The Kier molecular flexibility index (Phi) is 3.19. The minimum Gasteiger partial charge on any atom is -0.300 e. The molecule has 1 aliphatic heterocycles. The Hall–Kier alpha value is -0.410. The molecule has 2 fully saturated rings. The maximum absolute atomic E-state index is 10.8. The molecule has 0 bridgehead atoms. The number of Topliss-reactive ketones (excluding diaryl/α,β-unsaturated/α-hetero) is 1. The third-order valence-electron chi connectivity index (χ3n) is 3.25. The lowest BCUT2D eigenvalue weighted by atomic mass is 10.2. The molecule has 3 nitrogen and oxygen atoms in total. The van der Waals surface area contributed by atoms with Gasteiger partial charge < -0.3 is 4.90 Å².